The van der Waals surface area contributed by atoms with Crippen LogP contribution < -0.4 is 0 Å². The number of amides is 1. The van der Waals surface area contributed by atoms with Gasteiger partial charge in [-0.25, -0.2) is 4.39 Å². The number of carbonyl (C=O) groups excluding carboxylic acids is 1. The number of terminal acetylenes is 1. The fourth-order valence-electron chi connectivity index (χ4n) is 1.96. The SMILES string of the molecule is C#CCN1CCN(C(=O)c2ccncc2F)CC1. The maximum Gasteiger partial charge on any atom is 0.257 e. The molecule has 0 aromatic carbocycles. The van der Waals surface area contributed by atoms with Gasteiger partial charge in [0.2, 0.25) is 0 Å². The van der Waals surface area contributed by atoms with E-state index in [-0.39, 0.29) is 11.5 Å². The third-order valence-electron chi connectivity index (χ3n) is 2.98. The number of hydrogen-bond donors (Lipinski definition) is 0. The van der Waals surface area contributed by atoms with Gasteiger partial charge in [-0.3, -0.25) is 14.7 Å². The molecule has 0 spiro atoms. The van der Waals surface area contributed by atoms with Gasteiger partial charge in [0, 0.05) is 32.4 Å². The molecule has 18 heavy (non-hydrogen) atoms. The molecule has 1 saturated heterocycles. The Hall–Kier alpha value is -1.93. The van der Waals surface area contributed by atoms with E-state index in [9.17, 15) is 9.18 Å². The summed E-state index contributed by atoms with van der Waals surface area (Å²) in [7, 11) is 0. The van der Waals surface area contributed by atoms with Crippen molar-refractivity contribution in [2.24, 2.45) is 0 Å². The van der Waals surface area contributed by atoms with Crippen molar-refractivity contribution in [2.75, 3.05) is 32.7 Å². The van der Waals surface area contributed by atoms with Gasteiger partial charge >= 0.3 is 0 Å². The Morgan fingerprint density at radius 1 is 1.44 bits per heavy atom. The lowest BCUT2D eigenvalue weighted by molar-refractivity contribution is 0.0647. The van der Waals surface area contributed by atoms with E-state index < -0.39 is 5.82 Å². The van der Waals surface area contributed by atoms with Gasteiger partial charge in [0.05, 0.1) is 18.3 Å². The van der Waals surface area contributed by atoms with Crippen LogP contribution in [0.25, 0.3) is 0 Å². The molecule has 1 fully saturated rings. The molecule has 2 rings (SSSR count). The summed E-state index contributed by atoms with van der Waals surface area (Å²) in [5.41, 5.74) is 0.0791. The molecule has 0 bridgehead atoms. The van der Waals surface area contributed by atoms with Gasteiger partial charge in [-0.1, -0.05) is 5.92 Å². The summed E-state index contributed by atoms with van der Waals surface area (Å²) < 4.78 is 13.4. The summed E-state index contributed by atoms with van der Waals surface area (Å²) in [6.07, 6.45) is 7.71. The maximum absolute atomic E-state index is 13.4. The van der Waals surface area contributed by atoms with Crippen LogP contribution in [0.1, 0.15) is 10.4 Å². The van der Waals surface area contributed by atoms with Crippen LogP contribution >= 0.6 is 0 Å². The van der Waals surface area contributed by atoms with Gasteiger partial charge < -0.3 is 4.90 Å². The number of halogens is 1. The molecule has 1 amide bonds. The average molecular weight is 247 g/mol. The predicted octanol–water partition coefficient (Wildman–Crippen LogP) is 0.612. The zero-order valence-electron chi connectivity index (χ0n) is 9.97. The molecule has 0 aliphatic carbocycles. The van der Waals surface area contributed by atoms with E-state index in [1.165, 1.54) is 12.3 Å². The molecule has 1 aromatic rings. The molecule has 0 N–H and O–H groups in total. The van der Waals surface area contributed by atoms with E-state index in [1.807, 2.05) is 0 Å². The molecule has 0 radical (unpaired) electrons. The molecule has 0 unspecified atom stereocenters. The Kier molecular flexibility index (Phi) is 3.90. The topological polar surface area (TPSA) is 36.4 Å². The minimum Gasteiger partial charge on any atom is -0.336 e. The molecule has 5 heteroatoms. The summed E-state index contributed by atoms with van der Waals surface area (Å²) in [6, 6.07) is 1.41. The zero-order valence-corrected chi connectivity index (χ0v) is 9.97. The fourth-order valence-corrected chi connectivity index (χ4v) is 1.96. The van der Waals surface area contributed by atoms with Crippen LogP contribution in [0.15, 0.2) is 18.5 Å². The van der Waals surface area contributed by atoms with E-state index >= 15 is 0 Å². The molecule has 4 nitrogen and oxygen atoms in total. The quantitative estimate of drug-likeness (QED) is 0.719. The molecule has 2 heterocycles. The number of nitrogens with zero attached hydrogens (tertiary/aromatic N) is 3. The second-order valence-corrected chi connectivity index (χ2v) is 4.13. The van der Waals surface area contributed by atoms with Crippen molar-refractivity contribution < 1.29 is 9.18 Å². The molecule has 1 aliphatic rings. The first-order valence-electron chi connectivity index (χ1n) is 5.77. The Morgan fingerprint density at radius 3 is 2.78 bits per heavy atom. The predicted molar refractivity (Wildman–Crippen MR) is 65.4 cm³/mol. The monoisotopic (exact) mass is 247 g/mol. The van der Waals surface area contributed by atoms with Crippen molar-refractivity contribution >= 4 is 5.91 Å². The largest absolute Gasteiger partial charge is 0.336 e. The minimum absolute atomic E-state index is 0.0791. The molecular formula is C13H14FN3O. The number of carbonyl (C=O) groups is 1. The fraction of sp³-hybridized carbons (Fsp3) is 0.385. The number of aromatic nitrogens is 1. The van der Waals surface area contributed by atoms with Gasteiger partial charge in [-0.2, -0.15) is 0 Å². The summed E-state index contributed by atoms with van der Waals surface area (Å²) in [5, 5.41) is 0. The van der Waals surface area contributed by atoms with Crippen LogP contribution in [0.2, 0.25) is 0 Å². The van der Waals surface area contributed by atoms with Crippen LogP contribution in [0.5, 0.6) is 0 Å². The molecule has 0 saturated carbocycles. The highest BCUT2D eigenvalue weighted by Crippen LogP contribution is 2.11. The number of rotatable bonds is 2. The van der Waals surface area contributed by atoms with Crippen molar-refractivity contribution in [3.8, 4) is 12.3 Å². The second kappa shape index (κ2) is 5.61. The molecule has 1 aromatic heterocycles. The Balaban J connectivity index is 2.00. The van der Waals surface area contributed by atoms with Crippen LogP contribution in [0, 0.1) is 18.2 Å². The zero-order chi connectivity index (χ0) is 13.0. The Bertz CT molecular complexity index is 475. The summed E-state index contributed by atoms with van der Waals surface area (Å²) in [5.74, 6) is 1.72. The first kappa shape index (κ1) is 12.5. The van der Waals surface area contributed by atoms with E-state index in [2.05, 4.69) is 15.8 Å². The standard InChI is InChI=1S/C13H14FN3O/c1-2-5-16-6-8-17(9-7-16)13(18)11-3-4-15-10-12(11)14/h1,3-4,10H,5-9H2. The van der Waals surface area contributed by atoms with Crippen molar-refractivity contribution in [2.45, 2.75) is 0 Å². The molecule has 1 aliphatic heterocycles. The Morgan fingerprint density at radius 2 is 2.17 bits per heavy atom. The highest BCUT2D eigenvalue weighted by atomic mass is 19.1. The third kappa shape index (κ3) is 2.66. The molecule has 94 valence electrons. The van der Waals surface area contributed by atoms with Crippen LogP contribution in [0.3, 0.4) is 0 Å². The maximum atomic E-state index is 13.4. The van der Waals surface area contributed by atoms with Gasteiger partial charge in [-0.15, -0.1) is 6.42 Å². The smallest absolute Gasteiger partial charge is 0.257 e. The van der Waals surface area contributed by atoms with Crippen molar-refractivity contribution in [3.05, 3.63) is 29.8 Å². The minimum atomic E-state index is -0.575. The van der Waals surface area contributed by atoms with Crippen molar-refractivity contribution in [3.63, 3.8) is 0 Å². The number of pyridine rings is 1. The first-order chi connectivity index (χ1) is 8.72. The highest BCUT2D eigenvalue weighted by molar-refractivity contribution is 5.94. The second-order valence-electron chi connectivity index (χ2n) is 4.13. The van der Waals surface area contributed by atoms with Crippen LogP contribution in [0.4, 0.5) is 4.39 Å². The first-order valence-corrected chi connectivity index (χ1v) is 5.77. The van der Waals surface area contributed by atoms with Gasteiger partial charge in [0.25, 0.3) is 5.91 Å². The third-order valence-corrected chi connectivity index (χ3v) is 2.98. The lowest BCUT2D eigenvalue weighted by atomic mass is 10.2. The van der Waals surface area contributed by atoms with Crippen LogP contribution in [-0.4, -0.2) is 53.4 Å². The normalized spacial score (nSPS) is 16.3. The lowest BCUT2D eigenvalue weighted by Crippen LogP contribution is -2.48. The van der Waals surface area contributed by atoms with Gasteiger partial charge in [0.15, 0.2) is 5.82 Å². The molecular weight excluding hydrogens is 233 g/mol. The Labute approximate surface area is 105 Å². The van der Waals surface area contributed by atoms with Crippen LogP contribution in [-0.2, 0) is 0 Å². The van der Waals surface area contributed by atoms with Gasteiger partial charge in [-0.05, 0) is 6.07 Å². The summed E-state index contributed by atoms with van der Waals surface area (Å²) >= 11 is 0. The highest BCUT2D eigenvalue weighted by Gasteiger charge is 2.23. The average Bonchev–Trinajstić information content (AvgIpc) is 2.40. The van der Waals surface area contributed by atoms with E-state index in [4.69, 9.17) is 6.42 Å². The van der Waals surface area contributed by atoms with E-state index in [1.54, 1.807) is 4.90 Å². The lowest BCUT2D eigenvalue weighted by Gasteiger charge is -2.33. The summed E-state index contributed by atoms with van der Waals surface area (Å²) in [6.45, 7) is 3.18. The van der Waals surface area contributed by atoms with E-state index in [0.717, 1.165) is 19.3 Å². The van der Waals surface area contributed by atoms with Crippen molar-refractivity contribution in [1.82, 2.24) is 14.8 Å². The number of hydrogen-bond acceptors (Lipinski definition) is 3. The van der Waals surface area contributed by atoms with Crippen molar-refractivity contribution in [1.29, 1.82) is 0 Å². The van der Waals surface area contributed by atoms with E-state index in [0.29, 0.717) is 19.6 Å². The molecule has 0 atom stereocenters. The van der Waals surface area contributed by atoms with Gasteiger partial charge in [0.1, 0.15) is 0 Å². The summed E-state index contributed by atoms with van der Waals surface area (Å²) in [4.78, 5) is 19.5. The number of piperazine rings is 1.